The highest BCUT2D eigenvalue weighted by Crippen LogP contribution is 2.39. The Bertz CT molecular complexity index is 1490. The number of aryl methyl sites for hydroxylation is 2. The number of methoxy groups -OCH3 is 2. The lowest BCUT2D eigenvalue weighted by Crippen LogP contribution is -2.52. The minimum atomic E-state index is -1.64. The Balaban J connectivity index is 1.71. The fraction of sp³-hybridized carbons (Fsp3) is 0.273. The Morgan fingerprint density at radius 2 is 1.40 bits per heavy atom. The van der Waals surface area contributed by atoms with Gasteiger partial charge in [0.1, 0.15) is 0 Å². The molecule has 10 nitrogen and oxygen atoms in total. The Hall–Kier alpha value is -4.96. The second-order valence-corrected chi connectivity index (χ2v) is 9.88. The van der Waals surface area contributed by atoms with E-state index in [1.54, 1.807) is 93.7 Å². The summed E-state index contributed by atoms with van der Waals surface area (Å²) >= 11 is 0. The zero-order valence-electron chi connectivity index (χ0n) is 24.8. The summed E-state index contributed by atoms with van der Waals surface area (Å²) in [7, 11) is 4.67. The second-order valence-electron chi connectivity index (χ2n) is 9.88. The third kappa shape index (κ3) is 6.92. The highest BCUT2D eigenvalue weighted by molar-refractivity contribution is 5.94. The van der Waals surface area contributed by atoms with Crippen molar-refractivity contribution in [2.45, 2.75) is 25.6 Å². The molecule has 0 bridgehead atoms. The number of ether oxygens (including phenoxy) is 4. The first kappa shape index (κ1) is 31.0. The highest BCUT2D eigenvalue weighted by atomic mass is 16.6. The summed E-state index contributed by atoms with van der Waals surface area (Å²) in [5.74, 6) is -0.609. The lowest BCUT2D eigenvalue weighted by atomic mass is 9.81. The maximum absolute atomic E-state index is 13.3. The van der Waals surface area contributed by atoms with Gasteiger partial charge in [0.15, 0.2) is 17.1 Å². The average molecular weight is 586 g/mol. The van der Waals surface area contributed by atoms with Crippen molar-refractivity contribution in [3.05, 3.63) is 113 Å². The zero-order valence-corrected chi connectivity index (χ0v) is 24.8. The van der Waals surface area contributed by atoms with Gasteiger partial charge < -0.3 is 29.0 Å². The number of amides is 1. The van der Waals surface area contributed by atoms with Crippen molar-refractivity contribution in [3.63, 3.8) is 0 Å². The molecule has 1 atom stereocenters. The summed E-state index contributed by atoms with van der Waals surface area (Å²) < 4.78 is 23.3. The zero-order chi connectivity index (χ0) is 31.0. The van der Waals surface area contributed by atoms with E-state index in [1.165, 1.54) is 19.1 Å². The molecule has 0 aliphatic rings. The van der Waals surface area contributed by atoms with Crippen LogP contribution in [0.15, 0.2) is 84.9 Å². The van der Waals surface area contributed by atoms with Crippen molar-refractivity contribution in [3.8, 4) is 17.5 Å². The van der Waals surface area contributed by atoms with Crippen molar-refractivity contribution >= 4 is 11.9 Å². The van der Waals surface area contributed by atoms with E-state index in [4.69, 9.17) is 18.9 Å². The van der Waals surface area contributed by atoms with E-state index in [9.17, 15) is 14.7 Å². The van der Waals surface area contributed by atoms with Gasteiger partial charge in [-0.25, -0.2) is 14.8 Å². The maximum atomic E-state index is 13.3. The number of aliphatic carboxylic acids is 1. The summed E-state index contributed by atoms with van der Waals surface area (Å²) in [6, 6.07) is 24.6. The van der Waals surface area contributed by atoms with Crippen LogP contribution < -0.4 is 14.2 Å². The second kappa shape index (κ2) is 13.8. The Morgan fingerprint density at radius 3 is 1.91 bits per heavy atom. The number of nitrogens with zero attached hydrogens (tertiary/aromatic N) is 3. The minimum absolute atomic E-state index is 0.0276. The number of carboxylic acids is 1. The first-order valence-corrected chi connectivity index (χ1v) is 13.6. The van der Waals surface area contributed by atoms with Crippen molar-refractivity contribution in [2.75, 3.05) is 34.4 Å². The third-order valence-corrected chi connectivity index (χ3v) is 6.92. The predicted octanol–water partition coefficient (Wildman–Crippen LogP) is 4.68. The number of carbonyl (C=O) groups excluding carboxylic acids is 1. The van der Waals surface area contributed by atoms with E-state index >= 15 is 0 Å². The van der Waals surface area contributed by atoms with E-state index in [2.05, 4.69) is 9.97 Å². The predicted molar refractivity (Wildman–Crippen MR) is 160 cm³/mol. The van der Waals surface area contributed by atoms with Crippen molar-refractivity contribution in [1.82, 2.24) is 14.9 Å². The molecule has 43 heavy (non-hydrogen) atoms. The SMILES string of the molecule is COc1ccc(C(=O)N(C)CCOC(c2ccccc2)(c2ccccc2)C(Oc2nc(C)cc(C)n2)C(=O)O)cc1OC. The van der Waals surface area contributed by atoms with Gasteiger partial charge in [-0.2, -0.15) is 0 Å². The lowest BCUT2D eigenvalue weighted by Gasteiger charge is -2.39. The highest BCUT2D eigenvalue weighted by Gasteiger charge is 2.50. The first-order chi connectivity index (χ1) is 20.7. The van der Waals surface area contributed by atoms with Crippen LogP contribution in [0.4, 0.5) is 0 Å². The molecule has 1 aromatic heterocycles. The molecule has 0 fully saturated rings. The molecule has 1 amide bonds. The van der Waals surface area contributed by atoms with Crippen molar-refractivity contribution in [1.29, 1.82) is 0 Å². The summed E-state index contributed by atoms with van der Waals surface area (Å²) in [6.07, 6.45) is -1.59. The maximum Gasteiger partial charge on any atom is 0.348 e. The fourth-order valence-corrected chi connectivity index (χ4v) is 4.88. The number of carboxylic acid groups (broad SMARTS) is 1. The minimum Gasteiger partial charge on any atom is -0.493 e. The van der Waals surface area contributed by atoms with E-state index in [-0.39, 0.29) is 25.1 Å². The smallest absolute Gasteiger partial charge is 0.348 e. The fourth-order valence-electron chi connectivity index (χ4n) is 4.88. The monoisotopic (exact) mass is 585 g/mol. The van der Waals surface area contributed by atoms with Crippen LogP contribution in [0.5, 0.6) is 17.5 Å². The van der Waals surface area contributed by atoms with Gasteiger partial charge in [-0.1, -0.05) is 60.7 Å². The number of benzene rings is 3. The van der Waals surface area contributed by atoms with Gasteiger partial charge >= 0.3 is 12.0 Å². The molecule has 0 spiro atoms. The molecule has 4 rings (SSSR count). The van der Waals surface area contributed by atoms with Gasteiger partial charge in [0.2, 0.25) is 6.10 Å². The van der Waals surface area contributed by atoms with Crippen LogP contribution in [0.3, 0.4) is 0 Å². The van der Waals surface area contributed by atoms with Crippen LogP contribution in [0.1, 0.15) is 32.9 Å². The molecule has 1 heterocycles. The van der Waals surface area contributed by atoms with Gasteiger partial charge in [0.25, 0.3) is 5.91 Å². The molecule has 3 aromatic carbocycles. The van der Waals surface area contributed by atoms with Gasteiger partial charge in [0, 0.05) is 30.5 Å². The van der Waals surface area contributed by atoms with Crippen LogP contribution in [-0.4, -0.2) is 72.4 Å². The number of hydrogen-bond donors (Lipinski definition) is 1. The van der Waals surface area contributed by atoms with Gasteiger partial charge in [-0.05, 0) is 49.2 Å². The average Bonchev–Trinajstić information content (AvgIpc) is 3.01. The van der Waals surface area contributed by atoms with Crippen LogP contribution >= 0.6 is 0 Å². The Morgan fingerprint density at radius 1 is 0.837 bits per heavy atom. The molecule has 1 N–H and O–H groups in total. The first-order valence-electron chi connectivity index (χ1n) is 13.6. The summed E-state index contributed by atoms with van der Waals surface area (Å²) in [5, 5.41) is 10.6. The van der Waals surface area contributed by atoms with Gasteiger partial charge in [-0.3, -0.25) is 4.79 Å². The lowest BCUT2D eigenvalue weighted by molar-refractivity contribution is -0.164. The quantitative estimate of drug-likeness (QED) is 0.239. The largest absolute Gasteiger partial charge is 0.493 e. The Kier molecular flexibility index (Phi) is 9.95. The van der Waals surface area contributed by atoms with E-state index in [1.807, 2.05) is 12.1 Å². The number of likely N-dealkylation sites (N-methyl/N-ethyl adjacent to an activating group) is 1. The van der Waals surface area contributed by atoms with Gasteiger partial charge in [0.05, 0.1) is 20.8 Å². The molecule has 0 saturated carbocycles. The molecule has 224 valence electrons. The van der Waals surface area contributed by atoms with Crippen molar-refractivity contribution in [2.24, 2.45) is 0 Å². The molecule has 0 saturated heterocycles. The molecular weight excluding hydrogens is 550 g/mol. The van der Waals surface area contributed by atoms with Crippen LogP contribution in [0.2, 0.25) is 0 Å². The number of hydrogen-bond acceptors (Lipinski definition) is 8. The number of carbonyl (C=O) groups is 2. The molecule has 1 unspecified atom stereocenters. The van der Waals surface area contributed by atoms with E-state index in [0.29, 0.717) is 39.6 Å². The molecule has 0 aliphatic heterocycles. The number of aromatic nitrogens is 2. The molecule has 0 radical (unpaired) electrons. The third-order valence-electron chi connectivity index (χ3n) is 6.92. The molecular formula is C33H35N3O7. The van der Waals surface area contributed by atoms with Crippen LogP contribution in [-0.2, 0) is 15.1 Å². The summed E-state index contributed by atoms with van der Waals surface area (Å²) in [5.41, 5.74) is 1.12. The van der Waals surface area contributed by atoms with E-state index in [0.717, 1.165) is 0 Å². The van der Waals surface area contributed by atoms with Crippen LogP contribution in [0, 0.1) is 13.8 Å². The Labute approximate surface area is 250 Å². The summed E-state index contributed by atoms with van der Waals surface area (Å²) in [6.45, 7) is 3.67. The summed E-state index contributed by atoms with van der Waals surface area (Å²) in [4.78, 5) is 36.5. The normalized spacial score (nSPS) is 11.8. The topological polar surface area (TPSA) is 120 Å². The molecule has 0 aliphatic carbocycles. The van der Waals surface area contributed by atoms with Crippen LogP contribution in [0.25, 0.3) is 0 Å². The van der Waals surface area contributed by atoms with Gasteiger partial charge in [-0.15, -0.1) is 0 Å². The standard InChI is InChI=1S/C33H35N3O7/c1-22-20-23(2)35-32(34-22)43-29(31(38)39)33(25-12-8-6-9-13-25,26-14-10-7-11-15-26)42-19-18-36(3)30(37)24-16-17-27(40-4)28(21-24)41-5/h6-17,20-21,29H,18-19H2,1-5H3,(H,38,39). The molecule has 4 aromatic rings. The van der Waals surface area contributed by atoms with Crippen molar-refractivity contribution < 1.29 is 33.6 Å². The van der Waals surface area contributed by atoms with E-state index < -0.39 is 17.7 Å². The molecule has 10 heteroatoms. The number of rotatable bonds is 13.